The van der Waals surface area contributed by atoms with Crippen LogP contribution in [0.3, 0.4) is 0 Å². The zero-order valence-electron chi connectivity index (χ0n) is 11.1. The summed E-state index contributed by atoms with van der Waals surface area (Å²) in [6.07, 6.45) is 1.57. The molecule has 0 spiro atoms. The fourth-order valence-corrected chi connectivity index (χ4v) is 2.25. The standard InChI is InChI=1S/C14H12BrClF2N2O/c1-2-19-6-8-3-10(16)14(20-7-8)21-12-5-9(15)4-11(17)13(12)18/h3-5,7,19H,2,6H2,1H3. The second-order valence-electron chi connectivity index (χ2n) is 4.21. The smallest absolute Gasteiger partial charge is 0.238 e. The zero-order chi connectivity index (χ0) is 15.4. The van der Waals surface area contributed by atoms with Gasteiger partial charge in [-0.05, 0) is 30.3 Å². The Morgan fingerprint density at radius 1 is 1.33 bits per heavy atom. The van der Waals surface area contributed by atoms with Crippen molar-refractivity contribution in [3.63, 3.8) is 0 Å². The molecule has 0 saturated heterocycles. The van der Waals surface area contributed by atoms with Gasteiger partial charge in [-0.25, -0.2) is 9.37 Å². The van der Waals surface area contributed by atoms with Gasteiger partial charge in [-0.1, -0.05) is 34.5 Å². The van der Waals surface area contributed by atoms with Gasteiger partial charge in [0.2, 0.25) is 11.7 Å². The summed E-state index contributed by atoms with van der Waals surface area (Å²) in [5.74, 6) is -2.36. The van der Waals surface area contributed by atoms with Crippen molar-refractivity contribution in [3.8, 4) is 11.6 Å². The lowest BCUT2D eigenvalue weighted by atomic mass is 10.3. The fraction of sp³-hybridized carbons (Fsp3) is 0.214. The van der Waals surface area contributed by atoms with Crippen LogP contribution in [0.25, 0.3) is 0 Å². The number of rotatable bonds is 5. The van der Waals surface area contributed by atoms with E-state index in [2.05, 4.69) is 26.2 Å². The van der Waals surface area contributed by atoms with Crippen LogP contribution in [0.2, 0.25) is 5.02 Å². The van der Waals surface area contributed by atoms with Crippen molar-refractivity contribution in [2.24, 2.45) is 0 Å². The molecule has 0 saturated carbocycles. The molecule has 2 aromatic rings. The van der Waals surface area contributed by atoms with Crippen molar-refractivity contribution in [2.75, 3.05) is 6.54 Å². The van der Waals surface area contributed by atoms with E-state index in [1.807, 2.05) is 6.92 Å². The number of benzene rings is 1. The molecule has 1 aromatic carbocycles. The first-order valence-electron chi connectivity index (χ1n) is 6.18. The van der Waals surface area contributed by atoms with Crippen LogP contribution in [0.5, 0.6) is 11.6 Å². The average Bonchev–Trinajstić information content (AvgIpc) is 2.44. The topological polar surface area (TPSA) is 34.2 Å². The number of hydrogen-bond acceptors (Lipinski definition) is 3. The minimum atomic E-state index is -1.09. The third-order valence-corrected chi connectivity index (χ3v) is 3.34. The van der Waals surface area contributed by atoms with Crippen molar-refractivity contribution in [3.05, 3.63) is 51.1 Å². The summed E-state index contributed by atoms with van der Waals surface area (Å²) < 4.78 is 32.6. The zero-order valence-corrected chi connectivity index (χ0v) is 13.4. The van der Waals surface area contributed by atoms with Gasteiger partial charge in [-0.3, -0.25) is 0 Å². The van der Waals surface area contributed by atoms with E-state index in [-0.39, 0.29) is 16.7 Å². The Labute approximate surface area is 134 Å². The normalized spacial score (nSPS) is 10.7. The van der Waals surface area contributed by atoms with E-state index in [0.717, 1.165) is 18.2 Å². The molecule has 0 atom stereocenters. The number of nitrogens with zero attached hydrogens (tertiary/aromatic N) is 1. The third-order valence-electron chi connectivity index (χ3n) is 2.61. The largest absolute Gasteiger partial charge is 0.434 e. The molecule has 3 nitrogen and oxygen atoms in total. The highest BCUT2D eigenvalue weighted by Crippen LogP contribution is 2.32. The molecule has 21 heavy (non-hydrogen) atoms. The van der Waals surface area contributed by atoms with Gasteiger partial charge in [0.05, 0.1) is 0 Å². The van der Waals surface area contributed by atoms with E-state index in [9.17, 15) is 8.78 Å². The minimum Gasteiger partial charge on any atom is -0.434 e. The van der Waals surface area contributed by atoms with E-state index in [1.54, 1.807) is 12.3 Å². The van der Waals surface area contributed by atoms with Gasteiger partial charge in [0.1, 0.15) is 5.02 Å². The van der Waals surface area contributed by atoms with Gasteiger partial charge in [0, 0.05) is 17.2 Å². The molecule has 0 aliphatic carbocycles. The summed E-state index contributed by atoms with van der Waals surface area (Å²) in [6, 6.07) is 3.98. The van der Waals surface area contributed by atoms with Gasteiger partial charge < -0.3 is 10.1 Å². The highest BCUT2D eigenvalue weighted by atomic mass is 79.9. The maximum absolute atomic E-state index is 13.6. The number of aromatic nitrogens is 1. The number of pyridine rings is 1. The molecule has 2 rings (SSSR count). The summed E-state index contributed by atoms with van der Waals surface area (Å²) in [7, 11) is 0. The van der Waals surface area contributed by atoms with Crippen molar-refractivity contribution in [1.82, 2.24) is 10.3 Å². The number of nitrogens with one attached hydrogen (secondary N) is 1. The third kappa shape index (κ3) is 4.12. The minimum absolute atomic E-state index is 0.0216. The number of ether oxygens (including phenoxy) is 1. The Hall–Kier alpha value is -1.24. The summed E-state index contributed by atoms with van der Waals surface area (Å²) in [5, 5.41) is 3.36. The molecule has 0 fully saturated rings. The van der Waals surface area contributed by atoms with Crippen molar-refractivity contribution in [1.29, 1.82) is 0 Å². The molecule has 0 aliphatic heterocycles. The monoisotopic (exact) mass is 376 g/mol. The van der Waals surface area contributed by atoms with Gasteiger partial charge in [0.25, 0.3) is 0 Å². The van der Waals surface area contributed by atoms with Crippen LogP contribution in [0.15, 0.2) is 28.9 Å². The summed E-state index contributed by atoms with van der Waals surface area (Å²) in [4.78, 5) is 4.03. The molecule has 0 radical (unpaired) electrons. The van der Waals surface area contributed by atoms with E-state index < -0.39 is 11.6 Å². The summed E-state index contributed by atoms with van der Waals surface area (Å²) in [6.45, 7) is 3.42. The van der Waals surface area contributed by atoms with Crippen molar-refractivity contribution >= 4 is 27.5 Å². The van der Waals surface area contributed by atoms with E-state index in [0.29, 0.717) is 11.0 Å². The average molecular weight is 378 g/mol. The molecule has 1 N–H and O–H groups in total. The molecule has 0 amide bonds. The highest BCUT2D eigenvalue weighted by Gasteiger charge is 2.14. The van der Waals surface area contributed by atoms with E-state index >= 15 is 0 Å². The lowest BCUT2D eigenvalue weighted by molar-refractivity contribution is 0.405. The van der Waals surface area contributed by atoms with Crippen LogP contribution >= 0.6 is 27.5 Å². The lowest BCUT2D eigenvalue weighted by Gasteiger charge is -2.10. The van der Waals surface area contributed by atoms with Crippen LogP contribution in [0, 0.1) is 11.6 Å². The van der Waals surface area contributed by atoms with E-state index in [4.69, 9.17) is 16.3 Å². The molecule has 7 heteroatoms. The van der Waals surface area contributed by atoms with E-state index in [1.165, 1.54) is 6.07 Å². The Balaban J connectivity index is 2.24. The van der Waals surface area contributed by atoms with Gasteiger partial charge in [-0.2, -0.15) is 4.39 Å². The molecule has 112 valence electrons. The molecule has 0 aliphatic rings. The quantitative estimate of drug-likeness (QED) is 0.768. The maximum atomic E-state index is 13.6. The summed E-state index contributed by atoms with van der Waals surface area (Å²) >= 11 is 9.12. The molecule has 1 aromatic heterocycles. The van der Waals surface area contributed by atoms with Gasteiger partial charge in [-0.15, -0.1) is 0 Å². The number of hydrogen-bond donors (Lipinski definition) is 1. The molecule has 1 heterocycles. The first kappa shape index (κ1) is 16.1. The van der Waals surface area contributed by atoms with Crippen LogP contribution in [-0.4, -0.2) is 11.5 Å². The Morgan fingerprint density at radius 2 is 2.10 bits per heavy atom. The molecule has 0 unspecified atom stereocenters. The predicted molar refractivity (Wildman–Crippen MR) is 80.8 cm³/mol. The SMILES string of the molecule is CCNCc1cnc(Oc2cc(Br)cc(F)c2F)c(Cl)c1. The number of halogens is 4. The first-order chi connectivity index (χ1) is 10.0. The van der Waals surface area contributed by atoms with Gasteiger partial charge in [0.15, 0.2) is 11.6 Å². The van der Waals surface area contributed by atoms with Crippen LogP contribution in [-0.2, 0) is 6.54 Å². The second kappa shape index (κ2) is 7.15. The Morgan fingerprint density at radius 3 is 2.76 bits per heavy atom. The van der Waals surface area contributed by atoms with Crippen molar-refractivity contribution < 1.29 is 13.5 Å². The first-order valence-corrected chi connectivity index (χ1v) is 7.36. The summed E-state index contributed by atoms with van der Waals surface area (Å²) in [5.41, 5.74) is 0.870. The molecular weight excluding hydrogens is 366 g/mol. The maximum Gasteiger partial charge on any atom is 0.238 e. The van der Waals surface area contributed by atoms with Crippen LogP contribution < -0.4 is 10.1 Å². The molecule has 0 bridgehead atoms. The molecular formula is C14H12BrClF2N2O. The second-order valence-corrected chi connectivity index (χ2v) is 5.54. The van der Waals surface area contributed by atoms with Crippen LogP contribution in [0.1, 0.15) is 12.5 Å². The Kier molecular flexibility index (Phi) is 5.50. The van der Waals surface area contributed by atoms with Gasteiger partial charge >= 0.3 is 0 Å². The predicted octanol–water partition coefficient (Wildman–Crippen LogP) is 4.68. The fourth-order valence-electron chi connectivity index (χ4n) is 1.62. The van der Waals surface area contributed by atoms with Crippen molar-refractivity contribution in [2.45, 2.75) is 13.5 Å². The van der Waals surface area contributed by atoms with Crippen LogP contribution in [0.4, 0.5) is 8.78 Å². The Bertz CT molecular complexity index is 655. The lowest BCUT2D eigenvalue weighted by Crippen LogP contribution is -2.11. The highest BCUT2D eigenvalue weighted by molar-refractivity contribution is 9.10.